The van der Waals surface area contributed by atoms with Gasteiger partial charge in [-0.25, -0.2) is 9.97 Å². The zero-order chi connectivity index (χ0) is 14.9. The number of nitrogen functional groups attached to an aromatic ring is 1. The lowest BCUT2D eigenvalue weighted by molar-refractivity contribution is 0.560. The Morgan fingerprint density at radius 2 is 1.80 bits per heavy atom. The predicted molar refractivity (Wildman–Crippen MR) is 86.8 cm³/mol. The van der Waals surface area contributed by atoms with Crippen LogP contribution in [0.2, 0.25) is 0 Å². The van der Waals surface area contributed by atoms with Gasteiger partial charge in [-0.2, -0.15) is 0 Å². The Balaban J connectivity index is 2.44. The molecule has 20 heavy (non-hydrogen) atoms. The predicted octanol–water partition coefficient (Wildman–Crippen LogP) is 4.02. The van der Waals surface area contributed by atoms with Crippen LogP contribution in [0.5, 0.6) is 0 Å². The lowest BCUT2D eigenvalue weighted by atomic mass is 9.91. The molecule has 0 aliphatic carbocycles. The Bertz CT molecular complexity index is 630. The molecule has 0 unspecified atom stereocenters. The Morgan fingerprint density at radius 3 is 2.40 bits per heavy atom. The van der Waals surface area contributed by atoms with Gasteiger partial charge in [0.05, 0.1) is 10.2 Å². The molecule has 2 rings (SSSR count). The zero-order valence-electron chi connectivity index (χ0n) is 12.4. The van der Waals surface area contributed by atoms with Gasteiger partial charge in [0.25, 0.3) is 0 Å². The third-order valence-electron chi connectivity index (χ3n) is 3.24. The zero-order valence-corrected chi connectivity index (χ0v) is 14.0. The molecule has 0 atom stereocenters. The summed E-state index contributed by atoms with van der Waals surface area (Å²) in [5, 5.41) is 0. The first-order valence-electron chi connectivity index (χ1n) is 6.66. The summed E-state index contributed by atoms with van der Waals surface area (Å²) in [5.41, 5.74) is 9.37. The average Bonchev–Trinajstić information content (AvgIpc) is 2.35. The highest BCUT2D eigenvalue weighted by atomic mass is 79.9. The largest absolute Gasteiger partial charge is 0.383 e. The normalized spacial score (nSPS) is 11.7. The second kappa shape index (κ2) is 5.52. The first-order valence-corrected chi connectivity index (χ1v) is 7.45. The molecule has 1 aromatic carbocycles. The van der Waals surface area contributed by atoms with E-state index in [2.05, 4.69) is 60.7 Å². The maximum atomic E-state index is 6.01. The van der Waals surface area contributed by atoms with Gasteiger partial charge in [-0.05, 0) is 34.0 Å². The van der Waals surface area contributed by atoms with Crippen molar-refractivity contribution >= 4 is 21.7 Å². The van der Waals surface area contributed by atoms with Gasteiger partial charge in [0.15, 0.2) is 0 Å². The molecule has 0 saturated carbocycles. The summed E-state index contributed by atoms with van der Waals surface area (Å²) in [5.74, 6) is 1.28. The number of aryl methyl sites for hydroxylation is 1. The maximum absolute atomic E-state index is 6.01. The summed E-state index contributed by atoms with van der Waals surface area (Å²) in [4.78, 5) is 9.11. The van der Waals surface area contributed by atoms with Crippen LogP contribution in [0.4, 0.5) is 5.82 Å². The van der Waals surface area contributed by atoms with Gasteiger partial charge in [0.1, 0.15) is 11.6 Å². The monoisotopic (exact) mass is 333 g/mol. The van der Waals surface area contributed by atoms with Gasteiger partial charge in [0.2, 0.25) is 0 Å². The molecule has 1 heterocycles. The van der Waals surface area contributed by atoms with Gasteiger partial charge >= 0.3 is 0 Å². The number of rotatable bonds is 2. The highest BCUT2D eigenvalue weighted by molar-refractivity contribution is 9.10. The fraction of sp³-hybridized carbons (Fsp3) is 0.375. The van der Waals surface area contributed by atoms with Gasteiger partial charge < -0.3 is 5.73 Å². The van der Waals surface area contributed by atoms with Crippen LogP contribution in [-0.2, 0) is 11.8 Å². The smallest absolute Gasteiger partial charge is 0.141 e. The molecule has 106 valence electrons. The Hall–Kier alpha value is -1.42. The number of aromatic nitrogens is 2. The fourth-order valence-corrected chi connectivity index (χ4v) is 2.84. The molecule has 0 amide bonds. The summed E-state index contributed by atoms with van der Waals surface area (Å²) < 4.78 is 0.804. The molecule has 2 N–H and O–H groups in total. The third-order valence-corrected chi connectivity index (χ3v) is 4.03. The number of hydrogen-bond donors (Lipinski definition) is 1. The van der Waals surface area contributed by atoms with Crippen LogP contribution in [0.1, 0.15) is 43.4 Å². The van der Waals surface area contributed by atoms with Gasteiger partial charge in [-0.15, -0.1) is 0 Å². The van der Waals surface area contributed by atoms with Crippen LogP contribution in [0.25, 0.3) is 0 Å². The van der Waals surface area contributed by atoms with Crippen molar-refractivity contribution in [2.24, 2.45) is 0 Å². The first kappa shape index (κ1) is 15.0. The van der Waals surface area contributed by atoms with E-state index in [1.165, 1.54) is 11.1 Å². The minimum atomic E-state index is -0.0730. The highest BCUT2D eigenvalue weighted by Crippen LogP contribution is 2.31. The SMILES string of the molecule is Cc1ccccc1Cc1nc(N)c(Br)c(C(C)(C)C)n1. The van der Waals surface area contributed by atoms with Crippen molar-refractivity contribution in [2.45, 2.75) is 39.5 Å². The van der Waals surface area contributed by atoms with E-state index in [-0.39, 0.29) is 5.41 Å². The molecular weight excluding hydrogens is 314 g/mol. The van der Waals surface area contributed by atoms with Gasteiger partial charge in [-0.3, -0.25) is 0 Å². The van der Waals surface area contributed by atoms with E-state index in [0.717, 1.165) is 16.0 Å². The number of nitrogens with zero attached hydrogens (tertiary/aromatic N) is 2. The molecule has 0 radical (unpaired) electrons. The van der Waals surface area contributed by atoms with E-state index in [1.54, 1.807) is 0 Å². The minimum Gasteiger partial charge on any atom is -0.383 e. The van der Waals surface area contributed by atoms with E-state index in [0.29, 0.717) is 12.2 Å². The number of benzene rings is 1. The van der Waals surface area contributed by atoms with Crippen molar-refractivity contribution in [1.29, 1.82) is 0 Å². The average molecular weight is 334 g/mol. The Labute approximate surface area is 128 Å². The fourth-order valence-electron chi connectivity index (χ4n) is 2.07. The summed E-state index contributed by atoms with van der Waals surface area (Å²) in [6.45, 7) is 8.47. The molecule has 0 spiro atoms. The number of anilines is 1. The molecule has 1 aromatic heterocycles. The molecule has 0 aliphatic rings. The lowest BCUT2D eigenvalue weighted by Gasteiger charge is -2.21. The quantitative estimate of drug-likeness (QED) is 0.902. The third kappa shape index (κ3) is 3.18. The van der Waals surface area contributed by atoms with Crippen molar-refractivity contribution in [1.82, 2.24) is 9.97 Å². The Kier molecular flexibility index (Phi) is 4.14. The molecule has 3 nitrogen and oxygen atoms in total. The molecular formula is C16H20BrN3. The van der Waals surface area contributed by atoms with E-state index >= 15 is 0 Å². The summed E-state index contributed by atoms with van der Waals surface area (Å²) >= 11 is 3.50. The molecule has 0 saturated heterocycles. The second-order valence-electron chi connectivity index (χ2n) is 6.04. The van der Waals surface area contributed by atoms with Crippen LogP contribution in [-0.4, -0.2) is 9.97 Å². The van der Waals surface area contributed by atoms with Gasteiger partial charge in [-0.1, -0.05) is 45.0 Å². The number of hydrogen-bond acceptors (Lipinski definition) is 3. The van der Waals surface area contributed by atoms with E-state index < -0.39 is 0 Å². The van der Waals surface area contributed by atoms with E-state index in [4.69, 9.17) is 10.7 Å². The number of nitrogens with two attached hydrogens (primary N) is 1. The van der Waals surface area contributed by atoms with Crippen molar-refractivity contribution in [2.75, 3.05) is 5.73 Å². The first-order chi connectivity index (χ1) is 9.29. The van der Waals surface area contributed by atoms with E-state index in [1.807, 2.05) is 12.1 Å². The van der Waals surface area contributed by atoms with Crippen LogP contribution < -0.4 is 5.73 Å². The van der Waals surface area contributed by atoms with Crippen molar-refractivity contribution in [3.63, 3.8) is 0 Å². The van der Waals surface area contributed by atoms with Crippen molar-refractivity contribution < 1.29 is 0 Å². The second-order valence-corrected chi connectivity index (χ2v) is 6.83. The summed E-state index contributed by atoms with van der Waals surface area (Å²) in [6, 6.07) is 8.28. The number of halogens is 1. The van der Waals surface area contributed by atoms with Crippen LogP contribution in [0.15, 0.2) is 28.7 Å². The van der Waals surface area contributed by atoms with Gasteiger partial charge in [0, 0.05) is 11.8 Å². The molecule has 0 aliphatic heterocycles. The van der Waals surface area contributed by atoms with Crippen molar-refractivity contribution in [3.8, 4) is 0 Å². The van der Waals surface area contributed by atoms with E-state index in [9.17, 15) is 0 Å². The highest BCUT2D eigenvalue weighted by Gasteiger charge is 2.22. The Morgan fingerprint density at radius 1 is 1.15 bits per heavy atom. The molecule has 2 aromatic rings. The van der Waals surface area contributed by atoms with Crippen LogP contribution in [0.3, 0.4) is 0 Å². The summed E-state index contributed by atoms with van der Waals surface area (Å²) in [7, 11) is 0. The minimum absolute atomic E-state index is 0.0730. The molecule has 0 fully saturated rings. The van der Waals surface area contributed by atoms with Crippen molar-refractivity contribution in [3.05, 3.63) is 51.4 Å². The topological polar surface area (TPSA) is 51.8 Å². The maximum Gasteiger partial charge on any atom is 0.141 e. The summed E-state index contributed by atoms with van der Waals surface area (Å²) in [6.07, 6.45) is 0.702. The molecule has 0 bridgehead atoms. The van der Waals surface area contributed by atoms with Crippen LogP contribution in [0, 0.1) is 6.92 Å². The molecule has 4 heteroatoms. The standard InChI is InChI=1S/C16H20BrN3/c1-10-7-5-6-8-11(10)9-12-19-14(16(2,3)4)13(17)15(18)20-12/h5-8H,9H2,1-4H3,(H2,18,19,20). The lowest BCUT2D eigenvalue weighted by Crippen LogP contribution is -2.18. The van der Waals surface area contributed by atoms with Crippen LogP contribution >= 0.6 is 15.9 Å².